The smallest absolute Gasteiger partial charge is 0.213 e. The second-order valence-corrected chi connectivity index (χ2v) is 4.15. The lowest BCUT2D eigenvalue weighted by atomic mass is 10.2. The number of rotatable bonds is 5. The molecule has 0 fully saturated rings. The minimum absolute atomic E-state index is 0.212. The molecule has 1 aromatic heterocycles. The Kier molecular flexibility index (Phi) is 4.04. The lowest BCUT2D eigenvalue weighted by Crippen LogP contribution is -1.99. The van der Waals surface area contributed by atoms with Gasteiger partial charge in [0, 0.05) is 23.4 Å². The van der Waals surface area contributed by atoms with Crippen molar-refractivity contribution in [1.29, 1.82) is 0 Å². The fourth-order valence-corrected chi connectivity index (χ4v) is 1.73. The van der Waals surface area contributed by atoms with Gasteiger partial charge in [-0.3, -0.25) is 0 Å². The third-order valence-corrected chi connectivity index (χ3v) is 2.70. The number of ether oxygens (including phenoxy) is 1. The predicted octanol–water partition coefficient (Wildman–Crippen LogP) is 3.34. The third-order valence-electron chi connectivity index (χ3n) is 2.43. The van der Waals surface area contributed by atoms with Gasteiger partial charge in [-0.05, 0) is 31.0 Å². The van der Waals surface area contributed by atoms with E-state index < -0.39 is 0 Å². The summed E-state index contributed by atoms with van der Waals surface area (Å²) >= 11 is 5.58. The number of halogens is 1. The van der Waals surface area contributed by atoms with Gasteiger partial charge in [0.15, 0.2) is 0 Å². The molecule has 90 valence electrons. The predicted molar refractivity (Wildman–Crippen MR) is 68.9 cm³/mol. The summed E-state index contributed by atoms with van der Waals surface area (Å²) in [7, 11) is 0. The number of phenols is 1. The van der Waals surface area contributed by atoms with Crippen LogP contribution in [0.3, 0.4) is 0 Å². The van der Waals surface area contributed by atoms with Crippen LogP contribution in [-0.4, -0.2) is 22.6 Å². The van der Waals surface area contributed by atoms with Crippen LogP contribution < -0.4 is 4.74 Å². The molecule has 0 saturated carbocycles. The number of fused-ring (bicyclic) bond motifs is 1. The SMILES string of the molecule is Oc1ccc2ccc(OCCCCCl)nc2c1. The van der Waals surface area contributed by atoms with Gasteiger partial charge in [0.2, 0.25) is 5.88 Å². The van der Waals surface area contributed by atoms with E-state index in [9.17, 15) is 5.11 Å². The number of aromatic nitrogens is 1. The summed E-state index contributed by atoms with van der Waals surface area (Å²) in [5.41, 5.74) is 0.736. The molecule has 4 heteroatoms. The van der Waals surface area contributed by atoms with Crippen LogP contribution in [0.25, 0.3) is 10.9 Å². The van der Waals surface area contributed by atoms with Gasteiger partial charge in [-0.15, -0.1) is 11.6 Å². The molecule has 0 saturated heterocycles. The molecule has 1 N–H and O–H groups in total. The van der Waals surface area contributed by atoms with Crippen LogP contribution in [0, 0.1) is 0 Å². The summed E-state index contributed by atoms with van der Waals surface area (Å²) in [5.74, 6) is 1.45. The third kappa shape index (κ3) is 3.24. The van der Waals surface area contributed by atoms with E-state index in [4.69, 9.17) is 16.3 Å². The van der Waals surface area contributed by atoms with E-state index in [0.717, 1.165) is 23.7 Å². The first-order valence-electron chi connectivity index (χ1n) is 5.58. The zero-order chi connectivity index (χ0) is 12.1. The van der Waals surface area contributed by atoms with Gasteiger partial charge in [0.25, 0.3) is 0 Å². The van der Waals surface area contributed by atoms with Gasteiger partial charge < -0.3 is 9.84 Å². The molecule has 3 nitrogen and oxygen atoms in total. The Balaban J connectivity index is 2.08. The van der Waals surface area contributed by atoms with Crippen molar-refractivity contribution < 1.29 is 9.84 Å². The van der Waals surface area contributed by atoms with Crippen molar-refractivity contribution in [3.05, 3.63) is 30.3 Å². The van der Waals surface area contributed by atoms with Crippen LogP contribution in [0.5, 0.6) is 11.6 Å². The van der Waals surface area contributed by atoms with Crippen molar-refractivity contribution >= 4 is 22.5 Å². The second kappa shape index (κ2) is 5.73. The fraction of sp³-hybridized carbons (Fsp3) is 0.308. The van der Waals surface area contributed by atoms with Crippen LogP contribution in [-0.2, 0) is 0 Å². The van der Waals surface area contributed by atoms with Crippen molar-refractivity contribution in [2.75, 3.05) is 12.5 Å². The Morgan fingerprint density at radius 3 is 2.82 bits per heavy atom. The van der Waals surface area contributed by atoms with E-state index >= 15 is 0 Å². The molecule has 0 radical (unpaired) electrons. The molecule has 2 rings (SSSR count). The molecule has 2 aromatic rings. The van der Waals surface area contributed by atoms with Gasteiger partial charge in [-0.2, -0.15) is 0 Å². The Hall–Kier alpha value is -1.48. The summed E-state index contributed by atoms with van der Waals surface area (Å²) < 4.78 is 5.50. The molecule has 1 heterocycles. The molecule has 0 bridgehead atoms. The fourth-order valence-electron chi connectivity index (χ4n) is 1.54. The van der Waals surface area contributed by atoms with E-state index in [1.165, 1.54) is 0 Å². The van der Waals surface area contributed by atoms with Crippen molar-refractivity contribution in [2.45, 2.75) is 12.8 Å². The highest BCUT2D eigenvalue weighted by Gasteiger charge is 2.00. The van der Waals surface area contributed by atoms with Crippen LogP contribution in [0.15, 0.2) is 30.3 Å². The monoisotopic (exact) mass is 251 g/mol. The molecule has 0 aliphatic carbocycles. The molecule has 1 aromatic carbocycles. The first kappa shape index (κ1) is 12.0. The molecular formula is C13H14ClNO2. The first-order valence-corrected chi connectivity index (χ1v) is 6.11. The Morgan fingerprint density at radius 1 is 1.18 bits per heavy atom. The average molecular weight is 252 g/mol. The largest absolute Gasteiger partial charge is 0.508 e. The van der Waals surface area contributed by atoms with Crippen molar-refractivity contribution in [1.82, 2.24) is 4.98 Å². The molecule has 0 atom stereocenters. The van der Waals surface area contributed by atoms with Gasteiger partial charge in [-0.25, -0.2) is 4.98 Å². The number of benzene rings is 1. The Bertz CT molecular complexity index is 502. The first-order chi connectivity index (χ1) is 8.29. The van der Waals surface area contributed by atoms with Crippen LogP contribution in [0.2, 0.25) is 0 Å². The number of unbranched alkanes of at least 4 members (excludes halogenated alkanes) is 1. The zero-order valence-corrected chi connectivity index (χ0v) is 10.2. The highest BCUT2D eigenvalue weighted by Crippen LogP contribution is 2.20. The second-order valence-electron chi connectivity index (χ2n) is 3.77. The Morgan fingerprint density at radius 2 is 2.00 bits per heavy atom. The molecule has 0 amide bonds. The van der Waals surface area contributed by atoms with E-state index in [-0.39, 0.29) is 5.75 Å². The van der Waals surface area contributed by atoms with Gasteiger partial charge in [0.05, 0.1) is 12.1 Å². The standard InChI is InChI=1S/C13H14ClNO2/c14-7-1-2-8-17-13-6-4-10-3-5-11(16)9-12(10)15-13/h3-6,9,16H,1-2,7-8H2. The molecule has 0 aliphatic rings. The molecule has 0 aliphatic heterocycles. The van der Waals surface area contributed by atoms with Gasteiger partial charge in [-0.1, -0.05) is 0 Å². The summed E-state index contributed by atoms with van der Waals surface area (Å²) in [6.45, 7) is 0.615. The number of alkyl halides is 1. The van der Waals surface area contributed by atoms with Crippen LogP contribution >= 0.6 is 11.6 Å². The normalized spacial score (nSPS) is 10.6. The van der Waals surface area contributed by atoms with Gasteiger partial charge >= 0.3 is 0 Å². The van der Waals surface area contributed by atoms with E-state index in [1.807, 2.05) is 18.2 Å². The summed E-state index contributed by atoms with van der Waals surface area (Å²) in [6, 6.07) is 8.86. The molecular weight excluding hydrogens is 238 g/mol. The van der Waals surface area contributed by atoms with E-state index in [0.29, 0.717) is 18.4 Å². The topological polar surface area (TPSA) is 42.4 Å². The number of pyridine rings is 1. The summed E-state index contributed by atoms with van der Waals surface area (Å²) in [4.78, 5) is 4.32. The quantitative estimate of drug-likeness (QED) is 0.655. The van der Waals surface area contributed by atoms with Crippen molar-refractivity contribution in [3.63, 3.8) is 0 Å². The minimum Gasteiger partial charge on any atom is -0.508 e. The van der Waals surface area contributed by atoms with Crippen molar-refractivity contribution in [2.24, 2.45) is 0 Å². The van der Waals surface area contributed by atoms with Gasteiger partial charge in [0.1, 0.15) is 5.75 Å². The lowest BCUT2D eigenvalue weighted by Gasteiger charge is -2.05. The average Bonchev–Trinajstić information content (AvgIpc) is 2.34. The highest BCUT2D eigenvalue weighted by molar-refractivity contribution is 6.17. The minimum atomic E-state index is 0.212. The van der Waals surface area contributed by atoms with Crippen LogP contribution in [0.1, 0.15) is 12.8 Å². The molecule has 0 unspecified atom stereocenters. The maximum atomic E-state index is 9.37. The Labute approximate surface area is 105 Å². The molecule has 17 heavy (non-hydrogen) atoms. The van der Waals surface area contributed by atoms with Crippen molar-refractivity contribution in [3.8, 4) is 11.6 Å². The molecule has 0 spiro atoms. The maximum Gasteiger partial charge on any atom is 0.213 e. The van der Waals surface area contributed by atoms with E-state index in [2.05, 4.69) is 4.98 Å². The van der Waals surface area contributed by atoms with E-state index in [1.54, 1.807) is 12.1 Å². The number of nitrogens with zero attached hydrogens (tertiary/aromatic N) is 1. The number of hydrogen-bond donors (Lipinski definition) is 1. The van der Waals surface area contributed by atoms with Crippen LogP contribution in [0.4, 0.5) is 0 Å². The summed E-state index contributed by atoms with van der Waals surface area (Å²) in [6.07, 6.45) is 1.86. The number of hydrogen-bond acceptors (Lipinski definition) is 3. The maximum absolute atomic E-state index is 9.37. The zero-order valence-electron chi connectivity index (χ0n) is 9.40. The number of aromatic hydroxyl groups is 1. The lowest BCUT2D eigenvalue weighted by molar-refractivity contribution is 0.299. The number of phenolic OH excluding ortho intramolecular Hbond substituents is 1. The summed E-state index contributed by atoms with van der Waals surface area (Å²) in [5, 5.41) is 10.4. The highest BCUT2D eigenvalue weighted by atomic mass is 35.5.